The minimum Gasteiger partial charge on any atom is -0.367 e. The van der Waals surface area contributed by atoms with E-state index < -0.39 is 0 Å². The molecule has 3 aliphatic heterocycles. The Labute approximate surface area is 163 Å². The summed E-state index contributed by atoms with van der Waals surface area (Å²) in [7, 11) is 1.94. The Balaban J connectivity index is 1.44. The summed E-state index contributed by atoms with van der Waals surface area (Å²) >= 11 is 0. The number of para-hydroxylation sites is 1. The summed E-state index contributed by atoms with van der Waals surface area (Å²) < 4.78 is 1.89. The molecule has 3 fully saturated rings. The molecule has 1 aromatic heterocycles. The summed E-state index contributed by atoms with van der Waals surface area (Å²) in [6.45, 7) is 6.34. The van der Waals surface area contributed by atoms with E-state index >= 15 is 0 Å². The predicted molar refractivity (Wildman–Crippen MR) is 106 cm³/mol. The number of rotatable bonds is 3. The van der Waals surface area contributed by atoms with Crippen molar-refractivity contribution in [3.63, 3.8) is 0 Å². The molecule has 3 saturated heterocycles. The molecule has 8 heteroatoms. The molecule has 5 rings (SSSR count). The number of piperidine rings is 1. The van der Waals surface area contributed by atoms with Crippen LogP contribution in [0.5, 0.6) is 0 Å². The number of anilines is 1. The number of aromatic nitrogens is 2. The van der Waals surface area contributed by atoms with Crippen molar-refractivity contribution in [1.82, 2.24) is 25.3 Å². The van der Waals surface area contributed by atoms with Gasteiger partial charge in [-0.2, -0.15) is 5.10 Å². The summed E-state index contributed by atoms with van der Waals surface area (Å²) in [5, 5.41) is 11.5. The van der Waals surface area contributed by atoms with Crippen molar-refractivity contribution in [2.75, 3.05) is 44.2 Å². The highest BCUT2D eigenvalue weighted by Crippen LogP contribution is 2.35. The Morgan fingerprint density at radius 1 is 1.11 bits per heavy atom. The normalized spacial score (nSPS) is 24.5. The first-order valence-corrected chi connectivity index (χ1v) is 10.1. The van der Waals surface area contributed by atoms with Gasteiger partial charge in [-0.15, -0.1) is 0 Å². The first-order valence-electron chi connectivity index (χ1n) is 10.1. The molecule has 0 radical (unpaired) electrons. The fraction of sp³-hybridized carbons (Fsp3) is 0.550. The zero-order chi connectivity index (χ0) is 19.3. The first-order chi connectivity index (χ1) is 13.6. The number of benzene rings is 1. The summed E-state index contributed by atoms with van der Waals surface area (Å²) in [6, 6.07) is 6.94. The molecule has 0 saturated carbocycles. The van der Waals surface area contributed by atoms with E-state index in [9.17, 15) is 9.59 Å². The molecular formula is C20H26N6O2. The van der Waals surface area contributed by atoms with Crippen LogP contribution in [0.3, 0.4) is 0 Å². The van der Waals surface area contributed by atoms with Gasteiger partial charge in [0, 0.05) is 64.2 Å². The van der Waals surface area contributed by atoms with E-state index in [1.807, 2.05) is 17.8 Å². The van der Waals surface area contributed by atoms with Gasteiger partial charge >= 0.3 is 0 Å². The third kappa shape index (κ3) is 2.87. The van der Waals surface area contributed by atoms with Crippen LogP contribution in [0.2, 0.25) is 0 Å². The molecule has 1 atom stereocenters. The summed E-state index contributed by atoms with van der Waals surface area (Å²) in [4.78, 5) is 28.9. The molecule has 0 bridgehead atoms. The van der Waals surface area contributed by atoms with Crippen molar-refractivity contribution >= 4 is 28.4 Å². The number of carbonyl (C=O) groups is 2. The van der Waals surface area contributed by atoms with Crippen molar-refractivity contribution in [2.24, 2.45) is 7.05 Å². The van der Waals surface area contributed by atoms with Crippen molar-refractivity contribution in [3.05, 3.63) is 23.9 Å². The monoisotopic (exact) mass is 382 g/mol. The maximum atomic E-state index is 12.4. The number of piperazine rings is 1. The number of hydrogen-bond donors (Lipinski definition) is 2. The van der Waals surface area contributed by atoms with Gasteiger partial charge in [0.15, 0.2) is 0 Å². The van der Waals surface area contributed by atoms with Gasteiger partial charge in [0.2, 0.25) is 11.8 Å². The number of nitrogens with zero attached hydrogens (tertiary/aromatic N) is 4. The van der Waals surface area contributed by atoms with Crippen LogP contribution in [0.25, 0.3) is 10.9 Å². The van der Waals surface area contributed by atoms with E-state index in [2.05, 4.69) is 32.6 Å². The third-order valence-corrected chi connectivity index (χ3v) is 6.37. The summed E-state index contributed by atoms with van der Waals surface area (Å²) in [5.41, 5.74) is 3.03. The fourth-order valence-electron chi connectivity index (χ4n) is 4.67. The van der Waals surface area contributed by atoms with E-state index in [4.69, 9.17) is 5.10 Å². The highest BCUT2D eigenvalue weighted by molar-refractivity contribution is 6.03. The van der Waals surface area contributed by atoms with Gasteiger partial charge < -0.3 is 10.2 Å². The van der Waals surface area contributed by atoms with Crippen LogP contribution in [-0.2, 0) is 16.6 Å². The molecule has 2 aromatic rings. The maximum absolute atomic E-state index is 12.4. The largest absolute Gasteiger partial charge is 0.367 e. The van der Waals surface area contributed by atoms with Crippen LogP contribution in [0.4, 0.5) is 5.69 Å². The summed E-state index contributed by atoms with van der Waals surface area (Å²) in [5.74, 6) is -0.786. The minimum atomic E-state index is -0.361. The Kier molecular flexibility index (Phi) is 4.32. The Morgan fingerprint density at radius 3 is 2.57 bits per heavy atom. The number of hydrogen-bond acceptors (Lipinski definition) is 6. The Bertz CT molecular complexity index is 926. The summed E-state index contributed by atoms with van der Waals surface area (Å²) in [6.07, 6.45) is 0.890. The molecule has 2 amide bonds. The van der Waals surface area contributed by atoms with Crippen molar-refractivity contribution in [1.29, 1.82) is 0 Å². The standard InChI is InChI=1S/C20H26N6O2/c1-24-19-14(18(23-24)15-5-6-17(27)22-20(15)28)3-2-4-16(19)26-9-7-25(8-10-26)13-11-21-12-13/h2-4,13,15,21H,5-12H2,1H3,(H,22,27,28). The number of imide groups is 1. The van der Waals surface area contributed by atoms with E-state index in [0.29, 0.717) is 18.9 Å². The number of aryl methyl sites for hydroxylation is 1. The number of carbonyl (C=O) groups excluding carboxylic acids is 2. The van der Waals surface area contributed by atoms with Gasteiger partial charge in [-0.05, 0) is 12.5 Å². The van der Waals surface area contributed by atoms with E-state index in [-0.39, 0.29) is 17.7 Å². The van der Waals surface area contributed by atoms with Gasteiger partial charge in [0.05, 0.1) is 22.8 Å². The van der Waals surface area contributed by atoms with Crippen molar-refractivity contribution < 1.29 is 9.59 Å². The first kappa shape index (κ1) is 17.6. The molecule has 148 valence electrons. The van der Waals surface area contributed by atoms with Gasteiger partial charge in [0.1, 0.15) is 0 Å². The Morgan fingerprint density at radius 2 is 1.89 bits per heavy atom. The lowest BCUT2D eigenvalue weighted by molar-refractivity contribution is -0.134. The predicted octanol–water partition coefficient (Wildman–Crippen LogP) is 0.187. The second kappa shape index (κ2) is 6.86. The number of fused-ring (bicyclic) bond motifs is 1. The fourth-order valence-corrected chi connectivity index (χ4v) is 4.67. The molecule has 0 aliphatic carbocycles. The van der Waals surface area contributed by atoms with Crippen LogP contribution in [0, 0.1) is 0 Å². The second-order valence-electron chi connectivity index (χ2n) is 8.02. The minimum absolute atomic E-state index is 0.193. The van der Waals surface area contributed by atoms with Crippen LogP contribution in [-0.4, -0.2) is 71.8 Å². The third-order valence-electron chi connectivity index (χ3n) is 6.37. The molecule has 4 heterocycles. The van der Waals surface area contributed by atoms with Crippen LogP contribution in [0.1, 0.15) is 24.5 Å². The van der Waals surface area contributed by atoms with Crippen LogP contribution >= 0.6 is 0 Å². The van der Waals surface area contributed by atoms with E-state index in [1.165, 1.54) is 5.69 Å². The SMILES string of the molecule is Cn1nc(C2CCC(=O)NC2=O)c2cccc(N3CCN(C4CNC4)CC3)c21. The number of amides is 2. The lowest BCUT2D eigenvalue weighted by atomic mass is 9.92. The molecular weight excluding hydrogens is 356 g/mol. The molecule has 28 heavy (non-hydrogen) atoms. The zero-order valence-corrected chi connectivity index (χ0v) is 16.1. The average Bonchev–Trinajstić information content (AvgIpc) is 2.98. The average molecular weight is 382 g/mol. The van der Waals surface area contributed by atoms with Gasteiger partial charge in [-0.1, -0.05) is 12.1 Å². The van der Waals surface area contributed by atoms with Gasteiger partial charge in [-0.3, -0.25) is 24.5 Å². The highest BCUT2D eigenvalue weighted by Gasteiger charge is 2.33. The van der Waals surface area contributed by atoms with Crippen molar-refractivity contribution in [3.8, 4) is 0 Å². The zero-order valence-electron chi connectivity index (χ0n) is 16.1. The molecule has 3 aliphatic rings. The second-order valence-corrected chi connectivity index (χ2v) is 8.02. The lowest BCUT2D eigenvalue weighted by Gasteiger charge is -2.44. The quantitative estimate of drug-likeness (QED) is 0.738. The van der Waals surface area contributed by atoms with E-state index in [1.54, 1.807) is 0 Å². The topological polar surface area (TPSA) is 82.5 Å². The Hall–Kier alpha value is -2.45. The van der Waals surface area contributed by atoms with Crippen LogP contribution < -0.4 is 15.5 Å². The molecule has 1 unspecified atom stereocenters. The number of nitrogens with one attached hydrogen (secondary N) is 2. The van der Waals surface area contributed by atoms with Gasteiger partial charge in [-0.25, -0.2) is 0 Å². The lowest BCUT2D eigenvalue weighted by Crippen LogP contribution is -2.61. The molecule has 1 aromatic carbocycles. The maximum Gasteiger partial charge on any atom is 0.235 e. The van der Waals surface area contributed by atoms with Crippen molar-refractivity contribution in [2.45, 2.75) is 24.8 Å². The van der Waals surface area contributed by atoms with Gasteiger partial charge in [0.25, 0.3) is 0 Å². The smallest absolute Gasteiger partial charge is 0.235 e. The van der Waals surface area contributed by atoms with Crippen LogP contribution in [0.15, 0.2) is 18.2 Å². The molecule has 8 nitrogen and oxygen atoms in total. The van der Waals surface area contributed by atoms with E-state index in [0.717, 1.165) is 55.9 Å². The highest BCUT2D eigenvalue weighted by atomic mass is 16.2. The molecule has 0 spiro atoms. The molecule has 2 N–H and O–H groups in total.